The third-order valence-corrected chi connectivity index (χ3v) is 3.31. The summed E-state index contributed by atoms with van der Waals surface area (Å²) in [7, 11) is 1.68. The van der Waals surface area contributed by atoms with Gasteiger partial charge in [-0.2, -0.15) is 0 Å². The van der Waals surface area contributed by atoms with E-state index in [1.165, 1.54) is 0 Å². The maximum atomic E-state index is 5.78. The van der Waals surface area contributed by atoms with Crippen molar-refractivity contribution in [3.8, 4) is 5.75 Å². The van der Waals surface area contributed by atoms with Crippen LogP contribution in [0.3, 0.4) is 0 Å². The van der Waals surface area contributed by atoms with E-state index in [-0.39, 0.29) is 0 Å². The molecule has 0 bridgehead atoms. The minimum atomic E-state index is 0.480. The van der Waals surface area contributed by atoms with Crippen molar-refractivity contribution < 1.29 is 4.74 Å². The molecule has 0 aliphatic rings. The number of fused-ring (bicyclic) bond motifs is 3. The minimum Gasteiger partial charge on any atom is -0.496 e. The van der Waals surface area contributed by atoms with Gasteiger partial charge in [0.15, 0.2) is 0 Å². The van der Waals surface area contributed by atoms with Crippen LogP contribution in [0, 0.1) is 6.92 Å². The number of hydrogen-bond donors (Lipinski definition) is 1. The van der Waals surface area contributed by atoms with Crippen LogP contribution in [0.4, 0.5) is 0 Å². The monoisotopic (exact) mass is 241 g/mol. The molecule has 0 fully saturated rings. The number of pyridine rings is 1. The van der Waals surface area contributed by atoms with Gasteiger partial charge in [0.2, 0.25) is 0 Å². The van der Waals surface area contributed by atoms with Crippen molar-refractivity contribution in [2.75, 3.05) is 7.11 Å². The Balaban J connectivity index is 2.52. The van der Waals surface area contributed by atoms with Gasteiger partial charge in [-0.25, -0.2) is 4.98 Å². The molecule has 2 aromatic heterocycles. The number of rotatable bonds is 2. The highest BCUT2D eigenvalue weighted by molar-refractivity contribution is 5.99. The zero-order chi connectivity index (χ0) is 12.7. The number of hydrogen-bond acceptors (Lipinski definition) is 3. The molecule has 0 aliphatic heterocycles. The smallest absolute Gasteiger partial charge is 0.148 e. The number of aromatic nitrogens is 2. The summed E-state index contributed by atoms with van der Waals surface area (Å²) in [4.78, 5) is 4.62. The van der Waals surface area contributed by atoms with Crippen molar-refractivity contribution in [3.05, 3.63) is 41.9 Å². The van der Waals surface area contributed by atoms with E-state index in [1.54, 1.807) is 7.11 Å². The van der Waals surface area contributed by atoms with Gasteiger partial charge in [-0.05, 0) is 24.4 Å². The lowest BCUT2D eigenvalue weighted by atomic mass is 10.1. The quantitative estimate of drug-likeness (QED) is 0.748. The Morgan fingerprint density at radius 1 is 1.33 bits per heavy atom. The second-order valence-electron chi connectivity index (χ2n) is 4.28. The average molecular weight is 241 g/mol. The summed E-state index contributed by atoms with van der Waals surface area (Å²) in [6.07, 6.45) is 2.01. The SMILES string of the molecule is COc1cccc2ccn3c(CN)c(C)nc3c12. The summed E-state index contributed by atoms with van der Waals surface area (Å²) >= 11 is 0. The molecular weight excluding hydrogens is 226 g/mol. The minimum absolute atomic E-state index is 0.480. The van der Waals surface area contributed by atoms with Crippen LogP contribution in [0.15, 0.2) is 30.5 Å². The second kappa shape index (κ2) is 3.99. The summed E-state index contributed by atoms with van der Waals surface area (Å²) in [5.74, 6) is 0.840. The van der Waals surface area contributed by atoms with E-state index >= 15 is 0 Å². The lowest BCUT2D eigenvalue weighted by Gasteiger charge is -2.07. The Morgan fingerprint density at radius 2 is 2.17 bits per heavy atom. The average Bonchev–Trinajstić information content (AvgIpc) is 2.73. The Morgan fingerprint density at radius 3 is 2.89 bits per heavy atom. The number of nitrogens with zero attached hydrogens (tertiary/aromatic N) is 2. The summed E-state index contributed by atoms with van der Waals surface area (Å²) in [5, 5.41) is 2.15. The molecule has 18 heavy (non-hydrogen) atoms. The number of ether oxygens (including phenoxy) is 1. The van der Waals surface area contributed by atoms with Crippen LogP contribution >= 0.6 is 0 Å². The highest BCUT2D eigenvalue weighted by Crippen LogP contribution is 2.30. The van der Waals surface area contributed by atoms with Crippen molar-refractivity contribution in [1.82, 2.24) is 9.38 Å². The predicted molar refractivity (Wildman–Crippen MR) is 71.9 cm³/mol. The third-order valence-electron chi connectivity index (χ3n) is 3.31. The summed E-state index contributed by atoms with van der Waals surface area (Å²) in [6, 6.07) is 8.06. The molecule has 3 rings (SSSR count). The maximum Gasteiger partial charge on any atom is 0.148 e. The molecule has 3 aromatic rings. The molecule has 4 heteroatoms. The standard InChI is InChI=1S/C14H15N3O/c1-9-11(8-15)17-7-6-10-4-3-5-12(18-2)13(10)14(17)16-9/h3-7H,8,15H2,1-2H3. The molecule has 4 nitrogen and oxygen atoms in total. The molecule has 2 heterocycles. The van der Waals surface area contributed by atoms with E-state index in [2.05, 4.69) is 17.1 Å². The lowest BCUT2D eigenvalue weighted by Crippen LogP contribution is -2.02. The molecule has 0 saturated heterocycles. The summed E-state index contributed by atoms with van der Waals surface area (Å²) < 4.78 is 7.48. The van der Waals surface area contributed by atoms with Gasteiger partial charge in [-0.1, -0.05) is 12.1 Å². The molecule has 2 N–H and O–H groups in total. The molecule has 0 radical (unpaired) electrons. The molecule has 92 valence electrons. The Hall–Kier alpha value is -2.07. The van der Waals surface area contributed by atoms with E-state index < -0.39 is 0 Å². The van der Waals surface area contributed by atoms with E-state index in [9.17, 15) is 0 Å². The first-order valence-corrected chi connectivity index (χ1v) is 5.89. The first-order chi connectivity index (χ1) is 8.76. The molecule has 0 aliphatic carbocycles. The van der Waals surface area contributed by atoms with Crippen LogP contribution in [0.25, 0.3) is 16.4 Å². The molecule has 0 spiro atoms. The number of nitrogens with two attached hydrogens (primary N) is 1. The summed E-state index contributed by atoms with van der Waals surface area (Å²) in [5.41, 5.74) is 8.70. The third kappa shape index (κ3) is 1.39. The fraction of sp³-hybridized carbons (Fsp3) is 0.214. The molecule has 0 saturated carbocycles. The fourth-order valence-corrected chi connectivity index (χ4v) is 2.41. The molecular formula is C14H15N3O. The Kier molecular flexibility index (Phi) is 2.45. The van der Waals surface area contributed by atoms with Crippen LogP contribution in [-0.2, 0) is 6.54 Å². The van der Waals surface area contributed by atoms with Gasteiger partial charge in [-0.15, -0.1) is 0 Å². The van der Waals surface area contributed by atoms with Crippen LogP contribution < -0.4 is 10.5 Å². The van der Waals surface area contributed by atoms with Gasteiger partial charge in [-0.3, -0.25) is 0 Å². The normalized spacial score (nSPS) is 11.3. The number of methoxy groups -OCH3 is 1. The maximum absolute atomic E-state index is 5.78. The molecule has 1 aromatic carbocycles. The van der Waals surface area contributed by atoms with Gasteiger partial charge in [0, 0.05) is 12.7 Å². The van der Waals surface area contributed by atoms with Crippen LogP contribution in [0.2, 0.25) is 0 Å². The van der Waals surface area contributed by atoms with E-state index in [0.29, 0.717) is 6.54 Å². The van der Waals surface area contributed by atoms with E-state index in [0.717, 1.165) is 33.6 Å². The van der Waals surface area contributed by atoms with Crippen molar-refractivity contribution in [2.24, 2.45) is 5.73 Å². The molecule has 0 amide bonds. The molecule has 0 unspecified atom stereocenters. The van der Waals surface area contributed by atoms with E-state index in [4.69, 9.17) is 10.5 Å². The fourth-order valence-electron chi connectivity index (χ4n) is 2.41. The van der Waals surface area contributed by atoms with Gasteiger partial charge >= 0.3 is 0 Å². The Bertz CT molecular complexity index is 731. The van der Waals surface area contributed by atoms with Crippen LogP contribution in [-0.4, -0.2) is 16.5 Å². The van der Waals surface area contributed by atoms with Crippen LogP contribution in [0.5, 0.6) is 5.75 Å². The van der Waals surface area contributed by atoms with Crippen molar-refractivity contribution in [2.45, 2.75) is 13.5 Å². The molecule has 0 atom stereocenters. The Labute approximate surface area is 105 Å². The second-order valence-corrected chi connectivity index (χ2v) is 4.28. The zero-order valence-electron chi connectivity index (χ0n) is 10.5. The van der Waals surface area contributed by atoms with Gasteiger partial charge in [0.05, 0.1) is 23.9 Å². The number of benzene rings is 1. The van der Waals surface area contributed by atoms with Crippen molar-refractivity contribution in [3.63, 3.8) is 0 Å². The van der Waals surface area contributed by atoms with Gasteiger partial charge in [0.25, 0.3) is 0 Å². The zero-order valence-corrected chi connectivity index (χ0v) is 10.5. The van der Waals surface area contributed by atoms with Crippen molar-refractivity contribution >= 4 is 16.4 Å². The largest absolute Gasteiger partial charge is 0.496 e. The first kappa shape index (κ1) is 11.0. The lowest BCUT2D eigenvalue weighted by molar-refractivity contribution is 0.420. The topological polar surface area (TPSA) is 52.5 Å². The van der Waals surface area contributed by atoms with Crippen LogP contribution in [0.1, 0.15) is 11.4 Å². The summed E-state index contributed by atoms with van der Waals surface area (Å²) in [6.45, 7) is 2.46. The highest BCUT2D eigenvalue weighted by atomic mass is 16.5. The van der Waals surface area contributed by atoms with Gasteiger partial charge in [0.1, 0.15) is 11.4 Å². The van der Waals surface area contributed by atoms with Crippen molar-refractivity contribution in [1.29, 1.82) is 0 Å². The number of aryl methyl sites for hydroxylation is 1. The first-order valence-electron chi connectivity index (χ1n) is 5.89. The van der Waals surface area contributed by atoms with Gasteiger partial charge < -0.3 is 14.9 Å². The predicted octanol–water partition coefficient (Wildman–Crippen LogP) is 2.26. The number of imidazole rings is 1. The highest BCUT2D eigenvalue weighted by Gasteiger charge is 2.12. The van der Waals surface area contributed by atoms with E-state index in [1.807, 2.05) is 29.7 Å².